The lowest BCUT2D eigenvalue weighted by atomic mass is 10.1. The number of benzene rings is 2. The normalized spacial score (nSPS) is 12.6. The Morgan fingerprint density at radius 2 is 1.26 bits per heavy atom. The van der Waals surface area contributed by atoms with E-state index in [1.807, 2.05) is 0 Å². The summed E-state index contributed by atoms with van der Waals surface area (Å²) in [4.78, 5) is 10.6. The fraction of sp³-hybridized carbons (Fsp3) is 0.211. The van der Waals surface area contributed by atoms with Crippen molar-refractivity contribution in [2.24, 2.45) is 0 Å². The number of sulfonamides is 1. The van der Waals surface area contributed by atoms with Gasteiger partial charge in [0.05, 0.1) is 6.26 Å². The van der Waals surface area contributed by atoms with E-state index in [-0.39, 0.29) is 28.5 Å². The largest absolute Gasteiger partial charge is 0.336 e. The van der Waals surface area contributed by atoms with Crippen LogP contribution >= 0.6 is 0 Å². The third-order valence-corrected chi connectivity index (χ3v) is 6.43. The standard InChI is InChI=1S/C19H23N3O9S3/c1-12(2)20-19(23)21-15-8-6-13(17(10-15)33(26,27)28)4-5-14-7-9-16(22-32(3,24)25)11-18(14)34(29,30)31/h4-12,22H,1-3H3,(H2,20,21,23)(H,26,27,28)(H,29,30,31). The summed E-state index contributed by atoms with van der Waals surface area (Å²) in [6.07, 6.45) is 3.17. The van der Waals surface area contributed by atoms with Crippen LogP contribution in [0.25, 0.3) is 12.2 Å². The second-order valence-corrected chi connectivity index (χ2v) is 11.9. The third kappa shape index (κ3) is 8.11. The van der Waals surface area contributed by atoms with E-state index in [0.717, 1.165) is 30.5 Å². The average molecular weight is 534 g/mol. The van der Waals surface area contributed by atoms with E-state index in [1.54, 1.807) is 13.8 Å². The van der Waals surface area contributed by atoms with Crippen molar-refractivity contribution < 1.29 is 39.2 Å². The Morgan fingerprint density at radius 1 is 0.824 bits per heavy atom. The highest BCUT2D eigenvalue weighted by Crippen LogP contribution is 2.26. The highest BCUT2D eigenvalue weighted by molar-refractivity contribution is 7.92. The number of rotatable bonds is 8. The van der Waals surface area contributed by atoms with Crippen LogP contribution in [0.1, 0.15) is 25.0 Å². The van der Waals surface area contributed by atoms with Crippen molar-refractivity contribution in [3.05, 3.63) is 47.5 Å². The van der Waals surface area contributed by atoms with Gasteiger partial charge in [-0.2, -0.15) is 16.8 Å². The van der Waals surface area contributed by atoms with Gasteiger partial charge in [0.1, 0.15) is 9.79 Å². The summed E-state index contributed by atoms with van der Waals surface area (Å²) < 4.78 is 91.3. The molecule has 2 rings (SSSR count). The van der Waals surface area contributed by atoms with Gasteiger partial charge in [-0.1, -0.05) is 24.3 Å². The van der Waals surface area contributed by atoms with Gasteiger partial charge in [-0.05, 0) is 49.2 Å². The molecule has 0 fully saturated rings. The minimum atomic E-state index is -4.79. The predicted octanol–water partition coefficient (Wildman–Crippen LogP) is 2.25. The molecule has 0 heterocycles. The van der Waals surface area contributed by atoms with Crippen molar-refractivity contribution in [1.82, 2.24) is 5.32 Å². The first-order chi connectivity index (χ1) is 15.5. The van der Waals surface area contributed by atoms with Crippen LogP contribution in [0.4, 0.5) is 16.2 Å². The first-order valence-corrected chi connectivity index (χ1v) is 14.2. The number of nitrogens with one attached hydrogen (secondary N) is 3. The maximum atomic E-state index is 11.9. The summed E-state index contributed by atoms with van der Waals surface area (Å²) in [5, 5.41) is 4.97. The minimum absolute atomic E-state index is 0.0584. The number of carbonyl (C=O) groups excluding carboxylic acids is 1. The van der Waals surface area contributed by atoms with Gasteiger partial charge in [-0.25, -0.2) is 13.2 Å². The first kappa shape index (κ1) is 27.3. The van der Waals surface area contributed by atoms with E-state index in [2.05, 4.69) is 15.4 Å². The zero-order valence-electron chi connectivity index (χ0n) is 18.2. The maximum Gasteiger partial charge on any atom is 0.319 e. The smallest absolute Gasteiger partial charge is 0.319 e. The summed E-state index contributed by atoms with van der Waals surface area (Å²) in [7, 11) is -13.3. The SMILES string of the molecule is CC(C)NC(=O)Nc1ccc(C=Cc2ccc(NS(C)(=O)=O)cc2S(=O)(=O)O)c(S(=O)(=O)O)c1. The van der Waals surface area contributed by atoms with Gasteiger partial charge >= 0.3 is 6.03 Å². The molecule has 12 nitrogen and oxygen atoms in total. The Balaban J connectivity index is 2.50. The van der Waals surface area contributed by atoms with E-state index in [1.165, 1.54) is 24.3 Å². The molecule has 0 aliphatic carbocycles. The van der Waals surface area contributed by atoms with E-state index >= 15 is 0 Å². The quantitative estimate of drug-likeness (QED) is 0.250. The molecule has 0 aliphatic rings. The molecule has 0 aliphatic heterocycles. The minimum Gasteiger partial charge on any atom is -0.336 e. The van der Waals surface area contributed by atoms with Crippen molar-refractivity contribution in [2.45, 2.75) is 29.7 Å². The fourth-order valence-corrected chi connectivity index (χ4v) is 4.73. The fourth-order valence-electron chi connectivity index (χ4n) is 2.76. The zero-order valence-corrected chi connectivity index (χ0v) is 20.6. The Hall–Kier alpha value is -2.98. The van der Waals surface area contributed by atoms with Gasteiger partial charge in [0, 0.05) is 17.4 Å². The second-order valence-electron chi connectivity index (χ2n) is 7.42. The number of anilines is 2. The summed E-state index contributed by atoms with van der Waals surface area (Å²) in [5.41, 5.74) is -0.211. The number of urea groups is 1. The molecule has 0 saturated carbocycles. The Kier molecular flexibility index (Phi) is 8.10. The molecular weight excluding hydrogens is 510 g/mol. The van der Waals surface area contributed by atoms with Gasteiger partial charge in [0.2, 0.25) is 10.0 Å². The number of hydrogen-bond acceptors (Lipinski definition) is 7. The van der Waals surface area contributed by atoms with E-state index in [4.69, 9.17) is 0 Å². The summed E-state index contributed by atoms with van der Waals surface area (Å²) in [6.45, 7) is 3.45. The van der Waals surface area contributed by atoms with Crippen LogP contribution in [0, 0.1) is 0 Å². The van der Waals surface area contributed by atoms with Crippen LogP contribution in [0.2, 0.25) is 0 Å². The van der Waals surface area contributed by atoms with Crippen molar-refractivity contribution in [3.8, 4) is 0 Å². The van der Waals surface area contributed by atoms with E-state index < -0.39 is 46.1 Å². The summed E-state index contributed by atoms with van der Waals surface area (Å²) in [5.74, 6) is 0. The van der Waals surface area contributed by atoms with Crippen LogP contribution in [-0.2, 0) is 30.3 Å². The van der Waals surface area contributed by atoms with Gasteiger partial charge in [-0.3, -0.25) is 13.8 Å². The second kappa shape index (κ2) is 10.1. The van der Waals surface area contributed by atoms with Gasteiger partial charge in [0.15, 0.2) is 0 Å². The van der Waals surface area contributed by atoms with Crippen molar-refractivity contribution in [2.75, 3.05) is 16.3 Å². The van der Waals surface area contributed by atoms with Crippen LogP contribution in [0.3, 0.4) is 0 Å². The molecule has 2 aromatic carbocycles. The molecule has 15 heteroatoms. The lowest BCUT2D eigenvalue weighted by molar-refractivity contribution is 0.250. The van der Waals surface area contributed by atoms with Gasteiger partial charge < -0.3 is 10.6 Å². The molecule has 0 aromatic heterocycles. The molecule has 5 N–H and O–H groups in total. The molecule has 0 radical (unpaired) electrons. The number of hydrogen-bond donors (Lipinski definition) is 5. The van der Waals surface area contributed by atoms with Crippen molar-refractivity contribution in [1.29, 1.82) is 0 Å². The molecule has 2 aromatic rings. The van der Waals surface area contributed by atoms with Crippen molar-refractivity contribution >= 4 is 59.8 Å². The Labute approximate surface area is 197 Å². The molecule has 34 heavy (non-hydrogen) atoms. The molecule has 0 saturated heterocycles. The summed E-state index contributed by atoms with van der Waals surface area (Å²) in [6, 6.07) is 6.16. The molecule has 2 amide bonds. The van der Waals surface area contributed by atoms with Crippen LogP contribution in [0.15, 0.2) is 46.2 Å². The molecular formula is C19H23N3O9S3. The highest BCUT2D eigenvalue weighted by atomic mass is 32.2. The monoisotopic (exact) mass is 533 g/mol. The third-order valence-electron chi connectivity index (χ3n) is 4.01. The lowest BCUT2D eigenvalue weighted by Gasteiger charge is -2.12. The maximum absolute atomic E-state index is 11.9. The van der Waals surface area contributed by atoms with Crippen LogP contribution < -0.4 is 15.4 Å². The van der Waals surface area contributed by atoms with Gasteiger partial charge in [0.25, 0.3) is 20.2 Å². The zero-order chi connectivity index (χ0) is 25.9. The Bertz CT molecular complexity index is 1450. The average Bonchev–Trinajstić information content (AvgIpc) is 2.64. The topological polar surface area (TPSA) is 196 Å². The molecule has 0 bridgehead atoms. The number of carbonyl (C=O) groups is 1. The molecule has 0 spiro atoms. The predicted molar refractivity (Wildman–Crippen MR) is 127 cm³/mol. The lowest BCUT2D eigenvalue weighted by Crippen LogP contribution is -2.34. The van der Waals surface area contributed by atoms with E-state index in [0.29, 0.717) is 0 Å². The molecule has 0 atom stereocenters. The highest BCUT2D eigenvalue weighted by Gasteiger charge is 2.18. The summed E-state index contributed by atoms with van der Waals surface area (Å²) >= 11 is 0. The van der Waals surface area contributed by atoms with Crippen LogP contribution in [-0.4, -0.2) is 52.7 Å². The number of amides is 2. The van der Waals surface area contributed by atoms with Gasteiger partial charge in [-0.15, -0.1) is 0 Å². The van der Waals surface area contributed by atoms with Crippen LogP contribution in [0.5, 0.6) is 0 Å². The van der Waals surface area contributed by atoms with E-state index in [9.17, 15) is 39.2 Å². The molecule has 0 unspecified atom stereocenters. The first-order valence-electron chi connectivity index (χ1n) is 9.42. The Morgan fingerprint density at radius 3 is 1.68 bits per heavy atom. The molecule has 186 valence electrons. The van der Waals surface area contributed by atoms with Crippen molar-refractivity contribution in [3.63, 3.8) is 0 Å².